The standard InChI is InChI=1S/C13H7BrF3NO/c14-12-2-1-7(15)6-11(12)13(19)18-10-4-8(16)3-9(17)5-10/h1-6H,(H,18,19). The van der Waals surface area contributed by atoms with Gasteiger partial charge in [-0.2, -0.15) is 0 Å². The summed E-state index contributed by atoms with van der Waals surface area (Å²) in [7, 11) is 0. The summed E-state index contributed by atoms with van der Waals surface area (Å²) in [4.78, 5) is 11.9. The first-order chi connectivity index (χ1) is 8.95. The molecule has 19 heavy (non-hydrogen) atoms. The van der Waals surface area contributed by atoms with Crippen molar-refractivity contribution in [3.63, 3.8) is 0 Å². The van der Waals surface area contributed by atoms with Crippen molar-refractivity contribution in [3.8, 4) is 0 Å². The lowest BCUT2D eigenvalue weighted by atomic mass is 10.2. The number of hydrogen-bond acceptors (Lipinski definition) is 1. The Bertz CT molecular complexity index is 626. The Morgan fingerprint density at radius 2 is 1.58 bits per heavy atom. The van der Waals surface area contributed by atoms with E-state index in [0.29, 0.717) is 10.5 Å². The molecule has 98 valence electrons. The van der Waals surface area contributed by atoms with Crippen molar-refractivity contribution in [3.05, 3.63) is 63.9 Å². The summed E-state index contributed by atoms with van der Waals surface area (Å²) in [5.41, 5.74) is -0.0108. The third-order valence-electron chi connectivity index (χ3n) is 2.29. The summed E-state index contributed by atoms with van der Waals surface area (Å²) in [6.45, 7) is 0. The van der Waals surface area contributed by atoms with E-state index in [0.717, 1.165) is 18.2 Å². The molecule has 0 aromatic heterocycles. The predicted octanol–water partition coefficient (Wildman–Crippen LogP) is 4.12. The van der Waals surface area contributed by atoms with Gasteiger partial charge in [-0.25, -0.2) is 13.2 Å². The van der Waals surface area contributed by atoms with Crippen LogP contribution in [0, 0.1) is 17.5 Å². The Morgan fingerprint density at radius 1 is 0.947 bits per heavy atom. The molecule has 0 spiro atoms. The van der Waals surface area contributed by atoms with Crippen LogP contribution >= 0.6 is 15.9 Å². The average molecular weight is 330 g/mol. The summed E-state index contributed by atoms with van der Waals surface area (Å²) >= 11 is 3.10. The molecule has 0 saturated carbocycles. The minimum atomic E-state index is -0.811. The van der Waals surface area contributed by atoms with Crippen LogP contribution in [0.15, 0.2) is 40.9 Å². The topological polar surface area (TPSA) is 29.1 Å². The third-order valence-corrected chi connectivity index (χ3v) is 2.98. The summed E-state index contributed by atoms with van der Waals surface area (Å²) in [6, 6.07) is 6.20. The lowest BCUT2D eigenvalue weighted by Gasteiger charge is -2.07. The highest BCUT2D eigenvalue weighted by atomic mass is 79.9. The smallest absolute Gasteiger partial charge is 0.256 e. The molecule has 6 heteroatoms. The van der Waals surface area contributed by atoms with Crippen LogP contribution in [0.25, 0.3) is 0 Å². The maximum absolute atomic E-state index is 13.1. The molecule has 0 radical (unpaired) electrons. The molecule has 0 heterocycles. The number of anilines is 1. The van der Waals surface area contributed by atoms with Crippen molar-refractivity contribution >= 4 is 27.5 Å². The number of carbonyl (C=O) groups is 1. The van der Waals surface area contributed by atoms with Gasteiger partial charge in [-0.15, -0.1) is 0 Å². The Balaban J connectivity index is 2.28. The van der Waals surface area contributed by atoms with Gasteiger partial charge in [0.15, 0.2) is 0 Å². The van der Waals surface area contributed by atoms with Crippen molar-refractivity contribution in [1.82, 2.24) is 0 Å². The van der Waals surface area contributed by atoms with Crippen LogP contribution in [0.2, 0.25) is 0 Å². The second-order valence-corrected chi connectivity index (χ2v) is 4.59. The van der Waals surface area contributed by atoms with E-state index in [1.54, 1.807) is 0 Å². The molecule has 1 amide bonds. The molecule has 0 unspecified atom stereocenters. The van der Waals surface area contributed by atoms with Crippen LogP contribution in [0.1, 0.15) is 10.4 Å². The second-order valence-electron chi connectivity index (χ2n) is 3.74. The van der Waals surface area contributed by atoms with Crippen molar-refractivity contribution in [2.45, 2.75) is 0 Å². The number of carbonyl (C=O) groups excluding carboxylic acids is 1. The van der Waals surface area contributed by atoms with Crippen LogP contribution in [-0.4, -0.2) is 5.91 Å². The monoisotopic (exact) mass is 329 g/mol. The van der Waals surface area contributed by atoms with E-state index in [1.165, 1.54) is 12.1 Å². The van der Waals surface area contributed by atoms with Crippen LogP contribution in [0.5, 0.6) is 0 Å². The van der Waals surface area contributed by atoms with Gasteiger partial charge in [-0.1, -0.05) is 0 Å². The van der Waals surface area contributed by atoms with Gasteiger partial charge in [0.05, 0.1) is 5.56 Å². The van der Waals surface area contributed by atoms with E-state index in [4.69, 9.17) is 0 Å². The van der Waals surface area contributed by atoms with E-state index >= 15 is 0 Å². The molecule has 2 aromatic carbocycles. The maximum atomic E-state index is 13.1. The lowest BCUT2D eigenvalue weighted by molar-refractivity contribution is 0.102. The quantitative estimate of drug-likeness (QED) is 0.882. The molecule has 0 fully saturated rings. The zero-order valence-corrected chi connectivity index (χ0v) is 11.0. The minimum Gasteiger partial charge on any atom is -0.322 e. The van der Waals surface area contributed by atoms with Gasteiger partial charge in [0, 0.05) is 16.2 Å². The van der Waals surface area contributed by atoms with Gasteiger partial charge in [-0.05, 0) is 46.3 Å². The van der Waals surface area contributed by atoms with Crippen molar-refractivity contribution in [2.75, 3.05) is 5.32 Å². The van der Waals surface area contributed by atoms with Crippen LogP contribution in [0.4, 0.5) is 18.9 Å². The van der Waals surface area contributed by atoms with E-state index in [9.17, 15) is 18.0 Å². The molecule has 0 atom stereocenters. The fraction of sp³-hybridized carbons (Fsp3) is 0. The number of amides is 1. The van der Waals surface area contributed by atoms with Gasteiger partial charge in [0.1, 0.15) is 17.5 Å². The van der Waals surface area contributed by atoms with Gasteiger partial charge in [0.2, 0.25) is 0 Å². The average Bonchev–Trinajstić information content (AvgIpc) is 2.30. The first kappa shape index (κ1) is 13.6. The highest BCUT2D eigenvalue weighted by molar-refractivity contribution is 9.10. The molecule has 0 bridgehead atoms. The van der Waals surface area contributed by atoms with Crippen molar-refractivity contribution < 1.29 is 18.0 Å². The van der Waals surface area contributed by atoms with Crippen LogP contribution in [0.3, 0.4) is 0 Å². The molecule has 0 aliphatic carbocycles. The minimum absolute atomic E-state index is 0.0321. The molecule has 0 aliphatic rings. The van der Waals surface area contributed by atoms with Crippen molar-refractivity contribution in [1.29, 1.82) is 0 Å². The summed E-state index contributed by atoms with van der Waals surface area (Å²) in [5.74, 6) is -2.88. The zero-order valence-electron chi connectivity index (χ0n) is 9.38. The molecular formula is C13H7BrF3NO. The Morgan fingerprint density at radius 3 is 2.21 bits per heavy atom. The SMILES string of the molecule is O=C(Nc1cc(F)cc(F)c1)c1cc(F)ccc1Br. The molecule has 0 saturated heterocycles. The van der Waals surface area contributed by atoms with Gasteiger partial charge < -0.3 is 5.32 Å². The van der Waals surface area contributed by atoms with Crippen LogP contribution in [-0.2, 0) is 0 Å². The Hall–Kier alpha value is -1.82. The summed E-state index contributed by atoms with van der Waals surface area (Å²) in [5, 5.41) is 2.29. The Kier molecular flexibility index (Phi) is 3.90. The fourth-order valence-corrected chi connectivity index (χ4v) is 1.92. The third kappa shape index (κ3) is 3.35. The van der Waals surface area contributed by atoms with Gasteiger partial charge in [-0.3, -0.25) is 4.79 Å². The normalized spacial score (nSPS) is 10.3. The highest BCUT2D eigenvalue weighted by Crippen LogP contribution is 2.20. The van der Waals surface area contributed by atoms with E-state index in [-0.39, 0.29) is 11.3 Å². The molecule has 2 nitrogen and oxygen atoms in total. The number of rotatable bonds is 2. The largest absolute Gasteiger partial charge is 0.322 e. The zero-order chi connectivity index (χ0) is 14.0. The first-order valence-corrected chi connectivity index (χ1v) is 5.97. The maximum Gasteiger partial charge on any atom is 0.256 e. The summed E-state index contributed by atoms with van der Waals surface area (Å²) in [6.07, 6.45) is 0. The predicted molar refractivity (Wildman–Crippen MR) is 68.4 cm³/mol. The van der Waals surface area contributed by atoms with E-state index < -0.39 is 23.4 Å². The van der Waals surface area contributed by atoms with Crippen LogP contribution < -0.4 is 5.32 Å². The fourth-order valence-electron chi connectivity index (χ4n) is 1.50. The van der Waals surface area contributed by atoms with E-state index in [1.807, 2.05) is 0 Å². The van der Waals surface area contributed by atoms with Gasteiger partial charge >= 0.3 is 0 Å². The lowest BCUT2D eigenvalue weighted by Crippen LogP contribution is -2.13. The summed E-state index contributed by atoms with van der Waals surface area (Å²) < 4.78 is 39.4. The van der Waals surface area contributed by atoms with E-state index in [2.05, 4.69) is 21.2 Å². The molecule has 1 N–H and O–H groups in total. The van der Waals surface area contributed by atoms with Crippen molar-refractivity contribution in [2.24, 2.45) is 0 Å². The molecule has 2 rings (SSSR count). The molecule has 2 aromatic rings. The number of nitrogens with one attached hydrogen (secondary N) is 1. The highest BCUT2D eigenvalue weighted by Gasteiger charge is 2.12. The number of hydrogen-bond donors (Lipinski definition) is 1. The first-order valence-electron chi connectivity index (χ1n) is 5.18. The number of halogens is 4. The van der Waals surface area contributed by atoms with Gasteiger partial charge in [0.25, 0.3) is 5.91 Å². The number of benzene rings is 2. The second kappa shape index (κ2) is 5.44. The Labute approximate surface area is 115 Å². The molecular weight excluding hydrogens is 323 g/mol. The molecule has 0 aliphatic heterocycles.